The normalized spacial score (nSPS) is 11.3. The number of aromatic nitrogens is 4. The summed E-state index contributed by atoms with van der Waals surface area (Å²) in [7, 11) is 0. The number of nitrogens with zero attached hydrogens (tertiary/aromatic N) is 2. The summed E-state index contributed by atoms with van der Waals surface area (Å²) in [5, 5.41) is 8.98. The average Bonchev–Trinajstić information content (AvgIpc) is 3.34. The number of H-pyrrole nitrogens is 2. The van der Waals surface area contributed by atoms with E-state index in [1.807, 2.05) is 25.1 Å². The first-order chi connectivity index (χ1) is 15.0. The Hall–Kier alpha value is -3.29. The molecular weight excluding hydrogens is 435 g/mol. The largest absolute Gasteiger partial charge is 0.319 e. The zero-order valence-corrected chi connectivity index (χ0v) is 17.9. The molecule has 0 aliphatic rings. The van der Waals surface area contributed by atoms with Gasteiger partial charge in [-0.15, -0.1) is 11.3 Å². The number of hydrogen-bond donors (Lipinski definition) is 2. The van der Waals surface area contributed by atoms with Gasteiger partial charge in [-0.3, -0.25) is 9.89 Å². The number of halogens is 2. The third-order valence-corrected chi connectivity index (χ3v) is 6.40. The summed E-state index contributed by atoms with van der Waals surface area (Å²) in [6.07, 6.45) is 0.384. The molecule has 0 fully saturated rings. The standard InChI is InChI=1S/C23H16ClFN4OS/c1-12-23(31-11-26-12)22-17(20(28-29-22)13-4-2-5-15(24)8-13)9-14-10-19(30)27-21-16(14)6-3-7-18(21)25/h2-8,10-11H,9H2,1H3,(H,27,30)(H,28,29). The highest BCUT2D eigenvalue weighted by atomic mass is 35.5. The summed E-state index contributed by atoms with van der Waals surface area (Å²) in [5.74, 6) is -0.461. The van der Waals surface area contributed by atoms with Gasteiger partial charge in [-0.25, -0.2) is 9.37 Å². The number of pyridine rings is 1. The van der Waals surface area contributed by atoms with Gasteiger partial charge in [-0.2, -0.15) is 5.10 Å². The second-order valence-electron chi connectivity index (χ2n) is 7.20. The van der Waals surface area contributed by atoms with Gasteiger partial charge < -0.3 is 4.98 Å². The highest BCUT2D eigenvalue weighted by molar-refractivity contribution is 7.13. The number of para-hydroxylation sites is 1. The lowest BCUT2D eigenvalue weighted by molar-refractivity contribution is 0.636. The van der Waals surface area contributed by atoms with Crippen LogP contribution >= 0.6 is 22.9 Å². The molecule has 0 aliphatic heterocycles. The van der Waals surface area contributed by atoms with E-state index >= 15 is 0 Å². The molecule has 2 aromatic carbocycles. The monoisotopic (exact) mass is 450 g/mol. The highest BCUT2D eigenvalue weighted by Crippen LogP contribution is 2.36. The van der Waals surface area contributed by atoms with Crippen molar-refractivity contribution in [3.63, 3.8) is 0 Å². The molecule has 5 aromatic rings. The van der Waals surface area contributed by atoms with Crippen molar-refractivity contribution in [1.82, 2.24) is 20.2 Å². The second kappa shape index (κ2) is 7.76. The van der Waals surface area contributed by atoms with Crippen molar-refractivity contribution in [3.8, 4) is 21.8 Å². The maximum Gasteiger partial charge on any atom is 0.248 e. The number of thiazole rings is 1. The molecule has 0 unspecified atom stereocenters. The van der Waals surface area contributed by atoms with E-state index in [1.54, 1.807) is 23.7 Å². The van der Waals surface area contributed by atoms with Gasteiger partial charge in [0.15, 0.2) is 0 Å². The van der Waals surface area contributed by atoms with Crippen molar-refractivity contribution in [2.45, 2.75) is 13.3 Å². The Balaban J connectivity index is 1.75. The van der Waals surface area contributed by atoms with Gasteiger partial charge in [-0.1, -0.05) is 35.9 Å². The molecule has 3 aromatic heterocycles. The van der Waals surface area contributed by atoms with Crippen molar-refractivity contribution in [3.05, 3.63) is 92.1 Å². The fourth-order valence-corrected chi connectivity index (χ4v) is 4.81. The number of aromatic amines is 2. The zero-order valence-electron chi connectivity index (χ0n) is 16.4. The van der Waals surface area contributed by atoms with Crippen molar-refractivity contribution in [1.29, 1.82) is 0 Å². The molecule has 154 valence electrons. The van der Waals surface area contributed by atoms with E-state index in [9.17, 15) is 9.18 Å². The molecule has 5 rings (SSSR count). The van der Waals surface area contributed by atoms with Crippen LogP contribution < -0.4 is 5.56 Å². The summed E-state index contributed by atoms with van der Waals surface area (Å²) < 4.78 is 14.4. The minimum atomic E-state index is -0.461. The summed E-state index contributed by atoms with van der Waals surface area (Å²) >= 11 is 7.73. The summed E-state index contributed by atoms with van der Waals surface area (Å²) in [5.41, 5.74) is 6.55. The van der Waals surface area contributed by atoms with Crippen LogP contribution in [0.15, 0.2) is 58.8 Å². The molecule has 0 saturated heterocycles. The lowest BCUT2D eigenvalue weighted by Crippen LogP contribution is -2.08. The van der Waals surface area contributed by atoms with E-state index in [2.05, 4.69) is 20.2 Å². The molecule has 0 radical (unpaired) electrons. The Morgan fingerprint density at radius 2 is 2.00 bits per heavy atom. The van der Waals surface area contributed by atoms with Crippen LogP contribution in [0.25, 0.3) is 32.7 Å². The van der Waals surface area contributed by atoms with E-state index in [0.717, 1.165) is 33.1 Å². The Morgan fingerprint density at radius 1 is 1.16 bits per heavy atom. The van der Waals surface area contributed by atoms with Gasteiger partial charge >= 0.3 is 0 Å². The third-order valence-electron chi connectivity index (χ3n) is 5.22. The summed E-state index contributed by atoms with van der Waals surface area (Å²) in [6.45, 7) is 1.94. The number of nitrogens with one attached hydrogen (secondary N) is 2. The molecular formula is C23H16ClFN4OS. The number of aryl methyl sites for hydroxylation is 1. The van der Waals surface area contributed by atoms with Crippen molar-refractivity contribution < 1.29 is 4.39 Å². The van der Waals surface area contributed by atoms with Gasteiger partial charge in [-0.05, 0) is 30.7 Å². The van der Waals surface area contributed by atoms with E-state index in [4.69, 9.17) is 11.6 Å². The van der Waals surface area contributed by atoms with Gasteiger partial charge in [0.2, 0.25) is 5.56 Å². The first-order valence-corrected chi connectivity index (χ1v) is 10.8. The highest BCUT2D eigenvalue weighted by Gasteiger charge is 2.21. The molecule has 31 heavy (non-hydrogen) atoms. The number of hydrogen-bond acceptors (Lipinski definition) is 4. The Morgan fingerprint density at radius 3 is 2.77 bits per heavy atom. The van der Waals surface area contributed by atoms with Crippen LogP contribution in [0.4, 0.5) is 4.39 Å². The first-order valence-electron chi connectivity index (χ1n) is 9.55. The predicted octanol–water partition coefficient (Wildman–Crippen LogP) is 5.73. The predicted molar refractivity (Wildman–Crippen MR) is 122 cm³/mol. The fourth-order valence-electron chi connectivity index (χ4n) is 3.79. The lowest BCUT2D eigenvalue weighted by Gasteiger charge is -2.10. The maximum atomic E-state index is 14.4. The van der Waals surface area contributed by atoms with Crippen LogP contribution in [0.5, 0.6) is 0 Å². The Labute approximate surface area is 185 Å². The Bertz CT molecular complexity index is 1490. The number of rotatable bonds is 4. The van der Waals surface area contributed by atoms with Crippen molar-refractivity contribution in [2.75, 3.05) is 0 Å². The molecule has 0 aliphatic carbocycles. The van der Waals surface area contributed by atoms with Crippen LogP contribution in [0.3, 0.4) is 0 Å². The van der Waals surface area contributed by atoms with Gasteiger partial charge in [0, 0.05) is 34.0 Å². The first kappa shape index (κ1) is 19.7. The van der Waals surface area contributed by atoms with Gasteiger partial charge in [0.05, 0.1) is 33.0 Å². The second-order valence-corrected chi connectivity index (χ2v) is 8.49. The molecule has 0 spiro atoms. The summed E-state index contributed by atoms with van der Waals surface area (Å²) in [4.78, 5) is 20.2. The van der Waals surface area contributed by atoms with Gasteiger partial charge in [0.1, 0.15) is 5.82 Å². The fraction of sp³-hybridized carbons (Fsp3) is 0.0870. The minimum Gasteiger partial charge on any atom is -0.319 e. The number of benzene rings is 2. The zero-order chi connectivity index (χ0) is 21.5. The quantitative estimate of drug-likeness (QED) is 0.367. The maximum absolute atomic E-state index is 14.4. The Kier molecular flexibility index (Phi) is 4.92. The molecule has 0 amide bonds. The lowest BCUT2D eigenvalue weighted by atomic mass is 9.96. The van der Waals surface area contributed by atoms with E-state index in [0.29, 0.717) is 22.4 Å². The van der Waals surface area contributed by atoms with Gasteiger partial charge in [0.25, 0.3) is 0 Å². The van der Waals surface area contributed by atoms with E-state index in [1.165, 1.54) is 23.5 Å². The molecule has 3 heterocycles. The average molecular weight is 451 g/mol. The van der Waals surface area contributed by atoms with E-state index in [-0.39, 0.29) is 11.1 Å². The molecule has 0 saturated carbocycles. The molecule has 2 N–H and O–H groups in total. The molecule has 0 atom stereocenters. The molecule has 0 bridgehead atoms. The van der Waals surface area contributed by atoms with Crippen LogP contribution in [0.2, 0.25) is 5.02 Å². The smallest absolute Gasteiger partial charge is 0.248 e. The minimum absolute atomic E-state index is 0.202. The topological polar surface area (TPSA) is 74.4 Å². The summed E-state index contributed by atoms with van der Waals surface area (Å²) in [6, 6.07) is 13.7. The van der Waals surface area contributed by atoms with Crippen molar-refractivity contribution >= 4 is 33.8 Å². The molecule has 5 nitrogen and oxygen atoms in total. The van der Waals surface area contributed by atoms with Crippen LogP contribution in [0, 0.1) is 12.7 Å². The SMILES string of the molecule is Cc1ncsc1-c1[nH]nc(-c2cccc(Cl)c2)c1Cc1cc(=O)[nH]c2c(F)cccc12. The van der Waals surface area contributed by atoms with Crippen LogP contribution in [0.1, 0.15) is 16.8 Å². The molecule has 8 heteroatoms. The van der Waals surface area contributed by atoms with Crippen molar-refractivity contribution in [2.24, 2.45) is 0 Å². The number of fused-ring (bicyclic) bond motifs is 1. The van der Waals surface area contributed by atoms with Crippen LogP contribution in [-0.2, 0) is 6.42 Å². The third kappa shape index (κ3) is 3.56. The van der Waals surface area contributed by atoms with E-state index < -0.39 is 5.82 Å². The van der Waals surface area contributed by atoms with Crippen LogP contribution in [-0.4, -0.2) is 20.2 Å².